The molecule has 144 valence electrons. The highest BCUT2D eigenvalue weighted by Crippen LogP contribution is 2.49. The van der Waals surface area contributed by atoms with Crippen LogP contribution in [0.3, 0.4) is 0 Å². The van der Waals surface area contributed by atoms with Crippen LogP contribution >= 0.6 is 0 Å². The highest BCUT2D eigenvalue weighted by molar-refractivity contribution is 5.67. The number of aromatic amines is 1. The maximum Gasteiger partial charge on any atom is 0.330 e. The first-order valence-corrected chi connectivity index (χ1v) is 7.89. The van der Waals surface area contributed by atoms with Crippen molar-refractivity contribution in [1.29, 1.82) is 0 Å². The molecule has 1 fully saturated rings. The van der Waals surface area contributed by atoms with Crippen LogP contribution in [0.2, 0.25) is 0 Å². The summed E-state index contributed by atoms with van der Waals surface area (Å²) < 4.78 is 32.3. The van der Waals surface area contributed by atoms with Crippen LogP contribution in [-0.2, 0) is 23.8 Å². The summed E-state index contributed by atoms with van der Waals surface area (Å²) in [5, 5.41) is 0. The molecule has 2 heterocycles. The average Bonchev–Trinajstić information content (AvgIpc) is 2.68. The molecule has 0 bridgehead atoms. The third-order valence-electron chi connectivity index (χ3n) is 4.53. The van der Waals surface area contributed by atoms with Gasteiger partial charge in [0.1, 0.15) is 12.7 Å². The van der Waals surface area contributed by atoms with Crippen LogP contribution in [0, 0.1) is 6.92 Å². The molecule has 0 saturated carbocycles. The minimum absolute atomic E-state index is 0.168. The van der Waals surface area contributed by atoms with Crippen LogP contribution in [-0.4, -0.2) is 45.5 Å². The molecule has 10 heteroatoms. The summed E-state index contributed by atoms with van der Waals surface area (Å²) in [6.45, 7) is 5.74. The first-order valence-electron chi connectivity index (χ1n) is 7.89. The fourth-order valence-corrected chi connectivity index (χ4v) is 2.92. The monoisotopic (exact) mass is 372 g/mol. The standard InChI is InChI=1S/C16H21FN2O7/c1-8-6-19(14(23)18-12(8)22)13-15(4,17)16(5,26-10(3)21)11(25-13)7-24-9(2)20/h6,11,13H,7H2,1-5H3,(H,18,22,23)/t11-,13-,15+,16-/m1/s1. The predicted molar refractivity (Wildman–Crippen MR) is 86.3 cm³/mol. The minimum atomic E-state index is -2.38. The highest BCUT2D eigenvalue weighted by atomic mass is 19.1. The van der Waals surface area contributed by atoms with Crippen LogP contribution in [0.4, 0.5) is 4.39 Å². The summed E-state index contributed by atoms with van der Waals surface area (Å²) in [5.74, 6) is -1.39. The third-order valence-corrected chi connectivity index (χ3v) is 4.53. The number of carbonyl (C=O) groups is 2. The molecule has 2 rings (SSSR count). The largest absolute Gasteiger partial charge is 0.463 e. The number of hydrogen-bond acceptors (Lipinski definition) is 7. The van der Waals surface area contributed by atoms with Crippen LogP contribution in [0.5, 0.6) is 0 Å². The van der Waals surface area contributed by atoms with Gasteiger partial charge in [-0.3, -0.25) is 23.9 Å². The Morgan fingerprint density at radius 2 is 1.92 bits per heavy atom. The number of ether oxygens (including phenoxy) is 3. The zero-order chi connectivity index (χ0) is 19.9. The summed E-state index contributed by atoms with van der Waals surface area (Å²) >= 11 is 0. The van der Waals surface area contributed by atoms with Crippen molar-refractivity contribution in [1.82, 2.24) is 9.55 Å². The lowest BCUT2D eigenvalue weighted by Gasteiger charge is -2.36. The lowest BCUT2D eigenvalue weighted by molar-refractivity contribution is -0.178. The number of carbonyl (C=O) groups excluding carboxylic acids is 2. The van der Waals surface area contributed by atoms with Gasteiger partial charge in [-0.25, -0.2) is 9.18 Å². The summed E-state index contributed by atoms with van der Waals surface area (Å²) in [5.41, 5.74) is -5.54. The highest BCUT2D eigenvalue weighted by Gasteiger charge is 2.66. The van der Waals surface area contributed by atoms with E-state index < -0.39 is 46.8 Å². The van der Waals surface area contributed by atoms with Gasteiger partial charge in [-0.1, -0.05) is 0 Å². The molecule has 1 aromatic heterocycles. The zero-order valence-corrected chi connectivity index (χ0v) is 15.1. The number of halogens is 1. The van der Waals surface area contributed by atoms with Crippen molar-refractivity contribution in [2.75, 3.05) is 6.61 Å². The number of nitrogens with zero attached hydrogens (tertiary/aromatic N) is 1. The number of H-pyrrole nitrogens is 1. The van der Waals surface area contributed by atoms with Crippen molar-refractivity contribution in [2.45, 2.75) is 58.2 Å². The van der Waals surface area contributed by atoms with Crippen LogP contribution in [0.25, 0.3) is 0 Å². The molecule has 1 N–H and O–H groups in total. The Labute approximate surface area is 148 Å². The first-order chi connectivity index (χ1) is 11.9. The molecule has 0 aliphatic carbocycles. The number of aryl methyl sites for hydroxylation is 1. The molecular weight excluding hydrogens is 351 g/mol. The second-order valence-corrected chi connectivity index (χ2v) is 6.53. The van der Waals surface area contributed by atoms with Gasteiger partial charge in [-0.2, -0.15) is 0 Å². The van der Waals surface area contributed by atoms with Gasteiger partial charge in [0, 0.05) is 25.6 Å². The molecule has 1 aliphatic heterocycles. The van der Waals surface area contributed by atoms with Crippen molar-refractivity contribution in [2.24, 2.45) is 0 Å². The maximum atomic E-state index is 15.8. The molecule has 0 aromatic carbocycles. The molecule has 0 unspecified atom stereocenters. The zero-order valence-electron chi connectivity index (χ0n) is 15.1. The number of alkyl halides is 1. The van der Waals surface area contributed by atoms with Gasteiger partial charge in [-0.05, 0) is 20.8 Å². The Hall–Kier alpha value is -2.49. The van der Waals surface area contributed by atoms with Crippen LogP contribution in [0.1, 0.15) is 39.5 Å². The van der Waals surface area contributed by atoms with Gasteiger partial charge in [0.05, 0.1) is 0 Å². The van der Waals surface area contributed by atoms with Gasteiger partial charge < -0.3 is 14.2 Å². The van der Waals surface area contributed by atoms with Crippen molar-refractivity contribution in [3.05, 3.63) is 32.6 Å². The van der Waals surface area contributed by atoms with Crippen molar-refractivity contribution in [3.63, 3.8) is 0 Å². The molecule has 0 spiro atoms. The van der Waals surface area contributed by atoms with E-state index in [9.17, 15) is 19.2 Å². The topological polar surface area (TPSA) is 117 Å². The predicted octanol–water partition coefficient (Wildman–Crippen LogP) is 0.356. The fraction of sp³-hybridized carbons (Fsp3) is 0.625. The molecular formula is C16H21FN2O7. The van der Waals surface area contributed by atoms with E-state index in [2.05, 4.69) is 4.98 Å². The van der Waals surface area contributed by atoms with E-state index >= 15 is 4.39 Å². The molecule has 26 heavy (non-hydrogen) atoms. The Morgan fingerprint density at radius 1 is 1.31 bits per heavy atom. The van der Waals surface area contributed by atoms with Gasteiger partial charge >= 0.3 is 17.6 Å². The van der Waals surface area contributed by atoms with E-state index in [0.717, 1.165) is 24.6 Å². The van der Waals surface area contributed by atoms with Crippen molar-refractivity contribution >= 4 is 11.9 Å². The van der Waals surface area contributed by atoms with Gasteiger partial charge in [0.15, 0.2) is 17.5 Å². The van der Waals surface area contributed by atoms with E-state index in [1.165, 1.54) is 20.8 Å². The third kappa shape index (κ3) is 3.28. The quantitative estimate of drug-likeness (QED) is 0.758. The SMILES string of the molecule is CC(=O)OC[C@H]1O[C@@H](n2cc(C)c(=O)[nH]c2=O)[C@](C)(F)[C@]1(C)OC(C)=O. The number of rotatable bonds is 4. The summed E-state index contributed by atoms with van der Waals surface area (Å²) in [6.07, 6.45) is -1.53. The number of aromatic nitrogens is 2. The van der Waals surface area contributed by atoms with Crippen LogP contribution < -0.4 is 11.2 Å². The van der Waals surface area contributed by atoms with E-state index in [1.807, 2.05) is 0 Å². The first kappa shape index (κ1) is 19.8. The lowest BCUT2D eigenvalue weighted by Crippen LogP contribution is -2.55. The smallest absolute Gasteiger partial charge is 0.330 e. The normalized spacial score (nSPS) is 30.8. The summed E-state index contributed by atoms with van der Waals surface area (Å²) in [4.78, 5) is 48.4. The van der Waals surface area contributed by atoms with Crippen molar-refractivity contribution < 1.29 is 28.2 Å². The summed E-state index contributed by atoms with van der Waals surface area (Å²) in [7, 11) is 0. The molecule has 1 saturated heterocycles. The second kappa shape index (κ2) is 6.67. The number of hydrogen-bond donors (Lipinski definition) is 1. The fourth-order valence-electron chi connectivity index (χ4n) is 2.92. The average molecular weight is 372 g/mol. The number of esters is 2. The maximum absolute atomic E-state index is 15.8. The molecule has 9 nitrogen and oxygen atoms in total. The Balaban J connectivity index is 2.54. The van der Waals surface area contributed by atoms with E-state index in [1.54, 1.807) is 0 Å². The van der Waals surface area contributed by atoms with Crippen LogP contribution in [0.15, 0.2) is 15.8 Å². The molecule has 0 radical (unpaired) electrons. The molecule has 0 amide bonds. The second-order valence-electron chi connectivity index (χ2n) is 6.53. The Kier molecular flexibility index (Phi) is 5.09. The van der Waals surface area contributed by atoms with Gasteiger partial charge in [-0.15, -0.1) is 0 Å². The number of nitrogens with one attached hydrogen (secondary N) is 1. The van der Waals surface area contributed by atoms with E-state index in [-0.39, 0.29) is 12.2 Å². The molecule has 4 atom stereocenters. The van der Waals surface area contributed by atoms with E-state index in [0.29, 0.717) is 0 Å². The molecule has 1 aliphatic rings. The Bertz CT molecular complexity index is 844. The Morgan fingerprint density at radius 3 is 2.46 bits per heavy atom. The van der Waals surface area contributed by atoms with Gasteiger partial charge in [0.2, 0.25) is 0 Å². The minimum Gasteiger partial charge on any atom is -0.463 e. The van der Waals surface area contributed by atoms with Gasteiger partial charge in [0.25, 0.3) is 5.56 Å². The molecule has 1 aromatic rings. The summed E-state index contributed by atoms with van der Waals surface area (Å²) in [6, 6.07) is 0. The van der Waals surface area contributed by atoms with Crippen molar-refractivity contribution in [3.8, 4) is 0 Å². The lowest BCUT2D eigenvalue weighted by atomic mass is 9.84. The van der Waals surface area contributed by atoms with E-state index in [4.69, 9.17) is 14.2 Å².